The van der Waals surface area contributed by atoms with Crippen molar-refractivity contribution in [2.75, 3.05) is 6.54 Å². The SMILES string of the molecule is CC1CCCC(C)N1NC1CCCCC1CN. The highest BCUT2D eigenvalue weighted by molar-refractivity contribution is 4.84. The van der Waals surface area contributed by atoms with Crippen LogP contribution in [0.3, 0.4) is 0 Å². The standard InChI is InChI=1S/C14H29N3/c1-11-6-5-7-12(2)17(11)16-14-9-4-3-8-13(14)10-15/h11-14,16H,3-10,15H2,1-2H3. The molecule has 0 aromatic carbocycles. The topological polar surface area (TPSA) is 41.3 Å². The normalized spacial score (nSPS) is 40.4. The maximum atomic E-state index is 5.91. The van der Waals surface area contributed by atoms with Crippen molar-refractivity contribution in [3.63, 3.8) is 0 Å². The molecule has 4 unspecified atom stereocenters. The van der Waals surface area contributed by atoms with E-state index in [1.807, 2.05) is 0 Å². The Labute approximate surface area is 106 Å². The van der Waals surface area contributed by atoms with Crippen LogP contribution in [0.25, 0.3) is 0 Å². The van der Waals surface area contributed by atoms with Crippen LogP contribution in [0, 0.1) is 5.92 Å². The maximum Gasteiger partial charge on any atom is 0.0255 e. The van der Waals surface area contributed by atoms with Crippen molar-refractivity contribution in [1.82, 2.24) is 10.4 Å². The third-order valence-electron chi connectivity index (χ3n) is 4.72. The molecular formula is C14H29N3. The van der Waals surface area contributed by atoms with E-state index in [1.54, 1.807) is 0 Å². The molecule has 0 bridgehead atoms. The molecule has 3 heteroatoms. The van der Waals surface area contributed by atoms with Gasteiger partial charge in [-0.05, 0) is 52.0 Å². The number of rotatable bonds is 3. The van der Waals surface area contributed by atoms with Crippen molar-refractivity contribution in [2.45, 2.75) is 76.9 Å². The Kier molecular flexibility index (Phi) is 4.83. The minimum atomic E-state index is 0.622. The molecule has 0 radical (unpaired) electrons. The molecule has 1 saturated carbocycles. The van der Waals surface area contributed by atoms with E-state index in [2.05, 4.69) is 24.3 Å². The van der Waals surface area contributed by atoms with Gasteiger partial charge in [0.05, 0.1) is 0 Å². The summed E-state index contributed by atoms with van der Waals surface area (Å²) in [5.41, 5.74) is 9.72. The Hall–Kier alpha value is -0.120. The molecule has 3 nitrogen and oxygen atoms in total. The number of hydrazine groups is 1. The second-order valence-corrected chi connectivity index (χ2v) is 6.05. The molecule has 3 N–H and O–H groups in total. The zero-order chi connectivity index (χ0) is 12.3. The van der Waals surface area contributed by atoms with Gasteiger partial charge in [0.1, 0.15) is 0 Å². The van der Waals surface area contributed by atoms with Gasteiger partial charge >= 0.3 is 0 Å². The van der Waals surface area contributed by atoms with E-state index in [0.29, 0.717) is 24.0 Å². The second kappa shape index (κ2) is 6.17. The van der Waals surface area contributed by atoms with E-state index in [4.69, 9.17) is 5.73 Å². The van der Waals surface area contributed by atoms with Crippen LogP contribution in [0.5, 0.6) is 0 Å². The van der Waals surface area contributed by atoms with Crippen LogP contribution in [-0.4, -0.2) is 29.7 Å². The van der Waals surface area contributed by atoms with Gasteiger partial charge in [-0.1, -0.05) is 19.3 Å². The molecule has 1 saturated heterocycles. The average Bonchev–Trinajstić information content (AvgIpc) is 2.34. The van der Waals surface area contributed by atoms with Crippen LogP contribution in [0.4, 0.5) is 0 Å². The minimum absolute atomic E-state index is 0.622. The summed E-state index contributed by atoms with van der Waals surface area (Å²) < 4.78 is 0. The predicted molar refractivity (Wildman–Crippen MR) is 72.6 cm³/mol. The average molecular weight is 239 g/mol. The van der Waals surface area contributed by atoms with Crippen LogP contribution in [0.2, 0.25) is 0 Å². The number of nitrogens with one attached hydrogen (secondary N) is 1. The Balaban J connectivity index is 1.93. The fourth-order valence-corrected chi connectivity index (χ4v) is 3.53. The van der Waals surface area contributed by atoms with Gasteiger partial charge in [-0.2, -0.15) is 0 Å². The monoisotopic (exact) mass is 239 g/mol. The number of hydrogen-bond donors (Lipinski definition) is 2. The van der Waals surface area contributed by atoms with E-state index >= 15 is 0 Å². The number of hydrogen-bond acceptors (Lipinski definition) is 3. The van der Waals surface area contributed by atoms with Crippen molar-refractivity contribution in [3.8, 4) is 0 Å². The second-order valence-electron chi connectivity index (χ2n) is 6.05. The van der Waals surface area contributed by atoms with Crippen LogP contribution in [0.15, 0.2) is 0 Å². The molecule has 0 spiro atoms. The molecule has 1 heterocycles. The quantitative estimate of drug-likeness (QED) is 0.794. The lowest BCUT2D eigenvalue weighted by molar-refractivity contribution is 0.0113. The van der Waals surface area contributed by atoms with E-state index in [9.17, 15) is 0 Å². The highest BCUT2D eigenvalue weighted by Gasteiger charge is 2.30. The summed E-state index contributed by atoms with van der Waals surface area (Å²) >= 11 is 0. The van der Waals surface area contributed by atoms with Crippen LogP contribution in [0.1, 0.15) is 58.8 Å². The van der Waals surface area contributed by atoms with Gasteiger partial charge in [-0.25, -0.2) is 5.01 Å². The zero-order valence-corrected chi connectivity index (χ0v) is 11.5. The van der Waals surface area contributed by atoms with Gasteiger partial charge in [-0.15, -0.1) is 0 Å². The first-order valence-corrected chi connectivity index (χ1v) is 7.47. The van der Waals surface area contributed by atoms with E-state index in [-0.39, 0.29) is 0 Å². The Morgan fingerprint density at radius 2 is 1.65 bits per heavy atom. The molecule has 4 atom stereocenters. The van der Waals surface area contributed by atoms with Crippen LogP contribution >= 0.6 is 0 Å². The highest BCUT2D eigenvalue weighted by Crippen LogP contribution is 2.27. The molecule has 17 heavy (non-hydrogen) atoms. The fraction of sp³-hybridized carbons (Fsp3) is 1.00. The first kappa shape index (κ1) is 13.3. The number of nitrogens with zero attached hydrogens (tertiary/aromatic N) is 1. The number of nitrogens with two attached hydrogens (primary N) is 1. The molecule has 1 aliphatic heterocycles. The molecule has 0 aromatic rings. The highest BCUT2D eigenvalue weighted by atomic mass is 15.5. The minimum Gasteiger partial charge on any atom is -0.330 e. The molecular weight excluding hydrogens is 210 g/mol. The third-order valence-corrected chi connectivity index (χ3v) is 4.72. The summed E-state index contributed by atoms with van der Waals surface area (Å²) in [5, 5.41) is 2.52. The fourth-order valence-electron chi connectivity index (χ4n) is 3.53. The molecule has 100 valence electrons. The first-order chi connectivity index (χ1) is 8.22. The molecule has 2 fully saturated rings. The lowest BCUT2D eigenvalue weighted by Crippen LogP contribution is -2.58. The smallest absolute Gasteiger partial charge is 0.0255 e. The zero-order valence-electron chi connectivity index (χ0n) is 11.5. The van der Waals surface area contributed by atoms with Gasteiger partial charge in [0.25, 0.3) is 0 Å². The van der Waals surface area contributed by atoms with Crippen molar-refractivity contribution in [3.05, 3.63) is 0 Å². The van der Waals surface area contributed by atoms with Crippen molar-refractivity contribution >= 4 is 0 Å². The Morgan fingerprint density at radius 3 is 2.29 bits per heavy atom. The van der Waals surface area contributed by atoms with Gasteiger partial charge < -0.3 is 5.73 Å². The lowest BCUT2D eigenvalue weighted by atomic mass is 9.85. The molecule has 0 aromatic heterocycles. The summed E-state index contributed by atoms with van der Waals surface area (Å²) in [6.45, 7) is 5.54. The van der Waals surface area contributed by atoms with Crippen LogP contribution in [-0.2, 0) is 0 Å². The summed E-state index contributed by atoms with van der Waals surface area (Å²) in [6, 6.07) is 1.98. The van der Waals surface area contributed by atoms with Crippen molar-refractivity contribution in [1.29, 1.82) is 0 Å². The summed E-state index contributed by atoms with van der Waals surface area (Å²) in [5.74, 6) is 0.685. The van der Waals surface area contributed by atoms with Gasteiger partial charge in [0.15, 0.2) is 0 Å². The van der Waals surface area contributed by atoms with Gasteiger partial charge in [0, 0.05) is 18.1 Å². The first-order valence-electron chi connectivity index (χ1n) is 7.47. The van der Waals surface area contributed by atoms with Gasteiger partial charge in [0.2, 0.25) is 0 Å². The largest absolute Gasteiger partial charge is 0.330 e. The Morgan fingerprint density at radius 1 is 1.00 bits per heavy atom. The third kappa shape index (κ3) is 3.21. The van der Waals surface area contributed by atoms with E-state index in [1.165, 1.54) is 44.9 Å². The van der Waals surface area contributed by atoms with Crippen molar-refractivity contribution in [2.24, 2.45) is 11.7 Å². The van der Waals surface area contributed by atoms with E-state index in [0.717, 1.165) is 6.54 Å². The van der Waals surface area contributed by atoms with Crippen molar-refractivity contribution < 1.29 is 0 Å². The molecule has 0 amide bonds. The maximum absolute atomic E-state index is 5.91. The molecule has 1 aliphatic carbocycles. The number of piperidine rings is 1. The molecule has 2 rings (SSSR count). The predicted octanol–water partition coefficient (Wildman–Crippen LogP) is 2.27. The van der Waals surface area contributed by atoms with E-state index < -0.39 is 0 Å². The summed E-state index contributed by atoms with van der Waals surface area (Å²) in [4.78, 5) is 0. The van der Waals surface area contributed by atoms with Gasteiger partial charge in [-0.3, -0.25) is 5.43 Å². The van der Waals surface area contributed by atoms with Crippen LogP contribution < -0.4 is 11.2 Å². The Bertz CT molecular complexity index is 222. The summed E-state index contributed by atoms with van der Waals surface area (Å²) in [7, 11) is 0. The molecule has 2 aliphatic rings. The summed E-state index contributed by atoms with van der Waals surface area (Å²) in [6.07, 6.45) is 9.39. The lowest BCUT2D eigenvalue weighted by Gasteiger charge is -2.44.